The second-order valence-corrected chi connectivity index (χ2v) is 3.43. The van der Waals surface area contributed by atoms with Crippen LogP contribution in [0, 0.1) is 6.92 Å². The van der Waals surface area contributed by atoms with E-state index in [2.05, 4.69) is 5.10 Å². The van der Waals surface area contributed by atoms with Gasteiger partial charge in [0.1, 0.15) is 5.76 Å². The van der Waals surface area contributed by atoms with Crippen LogP contribution in [0.15, 0.2) is 22.7 Å². The SMILES string of the molecule is CCn1ncc(-c2ccc(C(=O)O)o2)c1C. The smallest absolute Gasteiger partial charge is 0.371 e. The summed E-state index contributed by atoms with van der Waals surface area (Å²) in [5.41, 5.74) is 1.79. The van der Waals surface area contributed by atoms with Gasteiger partial charge in [0.15, 0.2) is 0 Å². The molecule has 0 saturated heterocycles. The number of aryl methyl sites for hydroxylation is 1. The molecule has 1 N–H and O–H groups in total. The molecule has 0 atom stereocenters. The Kier molecular flexibility index (Phi) is 2.52. The summed E-state index contributed by atoms with van der Waals surface area (Å²) in [6, 6.07) is 3.09. The van der Waals surface area contributed by atoms with E-state index in [1.165, 1.54) is 6.07 Å². The van der Waals surface area contributed by atoms with Gasteiger partial charge in [0.2, 0.25) is 5.76 Å². The summed E-state index contributed by atoms with van der Waals surface area (Å²) in [4.78, 5) is 10.7. The number of nitrogens with zero attached hydrogens (tertiary/aromatic N) is 2. The van der Waals surface area contributed by atoms with Crippen LogP contribution in [0.4, 0.5) is 0 Å². The second kappa shape index (κ2) is 3.84. The molecule has 0 bridgehead atoms. The van der Waals surface area contributed by atoms with Gasteiger partial charge in [0.25, 0.3) is 0 Å². The van der Waals surface area contributed by atoms with Crippen LogP contribution in [0.5, 0.6) is 0 Å². The maximum absolute atomic E-state index is 10.7. The highest BCUT2D eigenvalue weighted by atomic mass is 16.4. The lowest BCUT2D eigenvalue weighted by molar-refractivity contribution is 0.0663. The fraction of sp³-hybridized carbons (Fsp3) is 0.273. The Balaban J connectivity index is 2.42. The number of aromatic nitrogens is 2. The first-order valence-corrected chi connectivity index (χ1v) is 4.99. The van der Waals surface area contributed by atoms with Gasteiger partial charge in [-0.05, 0) is 26.0 Å². The van der Waals surface area contributed by atoms with Crippen molar-refractivity contribution in [2.75, 3.05) is 0 Å². The average molecular weight is 220 g/mol. The Labute approximate surface area is 92.3 Å². The van der Waals surface area contributed by atoms with Crippen molar-refractivity contribution >= 4 is 5.97 Å². The number of carboxylic acid groups (broad SMARTS) is 1. The summed E-state index contributed by atoms with van der Waals surface area (Å²) in [6.07, 6.45) is 1.68. The van der Waals surface area contributed by atoms with Crippen LogP contribution in [-0.2, 0) is 6.54 Å². The molecule has 2 rings (SSSR count). The lowest BCUT2D eigenvalue weighted by Crippen LogP contribution is -1.98. The van der Waals surface area contributed by atoms with Crippen LogP contribution >= 0.6 is 0 Å². The third-order valence-corrected chi connectivity index (χ3v) is 2.48. The van der Waals surface area contributed by atoms with Gasteiger partial charge >= 0.3 is 5.97 Å². The van der Waals surface area contributed by atoms with Gasteiger partial charge in [0, 0.05) is 12.2 Å². The Morgan fingerprint density at radius 1 is 1.56 bits per heavy atom. The van der Waals surface area contributed by atoms with E-state index in [4.69, 9.17) is 9.52 Å². The van der Waals surface area contributed by atoms with Crippen molar-refractivity contribution in [1.82, 2.24) is 9.78 Å². The Bertz CT molecular complexity index is 525. The van der Waals surface area contributed by atoms with Crippen LogP contribution in [0.25, 0.3) is 11.3 Å². The summed E-state index contributed by atoms with van der Waals surface area (Å²) in [6.45, 7) is 4.70. The zero-order valence-corrected chi connectivity index (χ0v) is 9.10. The largest absolute Gasteiger partial charge is 0.475 e. The molecule has 2 heterocycles. The molecule has 0 saturated carbocycles. The molecule has 5 heteroatoms. The maximum atomic E-state index is 10.7. The van der Waals surface area contributed by atoms with E-state index in [9.17, 15) is 4.79 Å². The van der Waals surface area contributed by atoms with Gasteiger partial charge in [-0.2, -0.15) is 5.10 Å². The molecule has 0 spiro atoms. The molecule has 0 radical (unpaired) electrons. The molecule has 5 nitrogen and oxygen atoms in total. The predicted molar refractivity (Wildman–Crippen MR) is 57.3 cm³/mol. The van der Waals surface area contributed by atoms with Crippen LogP contribution in [0.2, 0.25) is 0 Å². The lowest BCUT2D eigenvalue weighted by atomic mass is 10.2. The summed E-state index contributed by atoms with van der Waals surface area (Å²) >= 11 is 0. The number of carboxylic acids is 1. The summed E-state index contributed by atoms with van der Waals surface area (Å²) < 4.78 is 7.05. The van der Waals surface area contributed by atoms with Gasteiger partial charge < -0.3 is 9.52 Å². The van der Waals surface area contributed by atoms with E-state index in [0.717, 1.165) is 17.8 Å². The fourth-order valence-electron chi connectivity index (χ4n) is 1.60. The van der Waals surface area contributed by atoms with Gasteiger partial charge in [-0.25, -0.2) is 4.79 Å². The lowest BCUT2D eigenvalue weighted by Gasteiger charge is -1.99. The zero-order valence-electron chi connectivity index (χ0n) is 9.10. The van der Waals surface area contributed by atoms with E-state index in [-0.39, 0.29) is 5.76 Å². The Morgan fingerprint density at radius 2 is 2.31 bits per heavy atom. The van der Waals surface area contributed by atoms with Crippen LogP contribution in [0.1, 0.15) is 23.2 Å². The summed E-state index contributed by atoms with van der Waals surface area (Å²) in [5.74, 6) is -0.583. The molecule has 2 aromatic heterocycles. The first kappa shape index (κ1) is 10.5. The minimum Gasteiger partial charge on any atom is -0.475 e. The van der Waals surface area contributed by atoms with Crippen LogP contribution in [-0.4, -0.2) is 20.9 Å². The molecule has 84 valence electrons. The zero-order chi connectivity index (χ0) is 11.7. The molecule has 0 aromatic carbocycles. The van der Waals surface area contributed by atoms with Crippen molar-refractivity contribution in [1.29, 1.82) is 0 Å². The molecular weight excluding hydrogens is 208 g/mol. The molecule has 2 aromatic rings. The van der Waals surface area contributed by atoms with E-state index < -0.39 is 5.97 Å². The maximum Gasteiger partial charge on any atom is 0.371 e. The van der Waals surface area contributed by atoms with Gasteiger partial charge in [-0.3, -0.25) is 4.68 Å². The van der Waals surface area contributed by atoms with Gasteiger partial charge in [-0.15, -0.1) is 0 Å². The normalized spacial score (nSPS) is 10.6. The van der Waals surface area contributed by atoms with E-state index in [1.807, 2.05) is 18.5 Å². The minimum atomic E-state index is -1.06. The van der Waals surface area contributed by atoms with Crippen molar-refractivity contribution in [2.45, 2.75) is 20.4 Å². The topological polar surface area (TPSA) is 68.3 Å². The van der Waals surface area contributed by atoms with Crippen molar-refractivity contribution in [3.8, 4) is 11.3 Å². The summed E-state index contributed by atoms with van der Waals surface area (Å²) in [7, 11) is 0. The molecule has 0 unspecified atom stereocenters. The number of hydrogen-bond donors (Lipinski definition) is 1. The molecule has 0 aliphatic rings. The molecule has 16 heavy (non-hydrogen) atoms. The number of carbonyl (C=O) groups is 1. The molecule has 0 amide bonds. The van der Waals surface area contributed by atoms with E-state index in [1.54, 1.807) is 12.3 Å². The molecule has 0 aliphatic heterocycles. The van der Waals surface area contributed by atoms with Crippen molar-refractivity contribution in [3.05, 3.63) is 29.8 Å². The highest BCUT2D eigenvalue weighted by Gasteiger charge is 2.14. The molecule has 0 fully saturated rings. The highest BCUT2D eigenvalue weighted by Crippen LogP contribution is 2.25. The van der Waals surface area contributed by atoms with E-state index >= 15 is 0 Å². The minimum absolute atomic E-state index is 0.0568. The standard InChI is InChI=1S/C11H12N2O3/c1-3-13-7(2)8(6-12-13)9-4-5-10(16-9)11(14)15/h4-6H,3H2,1-2H3,(H,14,15). The predicted octanol–water partition coefficient (Wildman–Crippen LogP) is 2.17. The van der Waals surface area contributed by atoms with E-state index in [0.29, 0.717) is 5.76 Å². The summed E-state index contributed by atoms with van der Waals surface area (Å²) in [5, 5.41) is 12.9. The number of hydrogen-bond acceptors (Lipinski definition) is 3. The van der Waals surface area contributed by atoms with Crippen molar-refractivity contribution < 1.29 is 14.3 Å². The number of furan rings is 1. The second-order valence-electron chi connectivity index (χ2n) is 3.43. The first-order chi connectivity index (χ1) is 7.63. The third kappa shape index (κ3) is 1.60. The van der Waals surface area contributed by atoms with Gasteiger partial charge in [-0.1, -0.05) is 0 Å². The third-order valence-electron chi connectivity index (χ3n) is 2.48. The fourth-order valence-corrected chi connectivity index (χ4v) is 1.60. The monoisotopic (exact) mass is 220 g/mol. The number of aromatic carboxylic acids is 1. The quantitative estimate of drug-likeness (QED) is 0.860. The Hall–Kier alpha value is -2.04. The molecular formula is C11H12N2O3. The van der Waals surface area contributed by atoms with Crippen LogP contribution in [0.3, 0.4) is 0 Å². The number of rotatable bonds is 3. The first-order valence-electron chi connectivity index (χ1n) is 4.99. The highest BCUT2D eigenvalue weighted by molar-refractivity contribution is 5.85. The average Bonchev–Trinajstić information content (AvgIpc) is 2.83. The molecule has 0 aliphatic carbocycles. The Morgan fingerprint density at radius 3 is 2.81 bits per heavy atom. The van der Waals surface area contributed by atoms with Crippen molar-refractivity contribution in [2.24, 2.45) is 0 Å². The van der Waals surface area contributed by atoms with Crippen molar-refractivity contribution in [3.63, 3.8) is 0 Å². The van der Waals surface area contributed by atoms with Gasteiger partial charge in [0.05, 0.1) is 11.8 Å². The van der Waals surface area contributed by atoms with Crippen LogP contribution < -0.4 is 0 Å².